The van der Waals surface area contributed by atoms with Gasteiger partial charge in [-0.2, -0.15) is 0 Å². The Labute approximate surface area is 246 Å². The maximum atomic E-state index is 14.9. The highest BCUT2D eigenvalue weighted by Crippen LogP contribution is 2.26. The summed E-state index contributed by atoms with van der Waals surface area (Å²) in [5, 5.41) is 3.44. The predicted octanol–water partition coefficient (Wildman–Crippen LogP) is 5.25. The van der Waals surface area contributed by atoms with Gasteiger partial charge in [-0.25, -0.2) is 12.8 Å². The zero-order valence-corrected chi connectivity index (χ0v) is 24.8. The summed E-state index contributed by atoms with van der Waals surface area (Å²) in [4.78, 5) is 29.2. The van der Waals surface area contributed by atoms with Gasteiger partial charge in [-0.05, 0) is 49.1 Å². The van der Waals surface area contributed by atoms with Crippen molar-refractivity contribution in [3.8, 4) is 0 Å². The summed E-state index contributed by atoms with van der Waals surface area (Å²) in [6.07, 6.45) is 4.89. The van der Waals surface area contributed by atoms with Gasteiger partial charge in [0.05, 0.1) is 11.9 Å². The number of nitrogens with one attached hydrogen (secondary N) is 1. The predicted molar refractivity (Wildman–Crippen MR) is 160 cm³/mol. The third-order valence-corrected chi connectivity index (χ3v) is 8.94. The van der Waals surface area contributed by atoms with E-state index in [4.69, 9.17) is 11.6 Å². The van der Waals surface area contributed by atoms with Crippen LogP contribution >= 0.6 is 11.6 Å². The standard InChI is InChI=1S/C31H35ClFN3O4S/c1-22-16-17-26(19-27(22)32)36(41(2,39)40)21-30(37)35(20-24-12-6-9-15-28(24)33)29(18-23-10-4-3-5-11-23)31(38)34-25-13-7-8-14-25/h3-6,9-12,15-17,19,25,29H,7-8,13-14,18,20-21H2,1-2H3,(H,34,38). The molecule has 1 unspecified atom stereocenters. The summed E-state index contributed by atoms with van der Waals surface area (Å²) in [7, 11) is -3.93. The minimum Gasteiger partial charge on any atom is -0.352 e. The lowest BCUT2D eigenvalue weighted by Crippen LogP contribution is -2.54. The Morgan fingerprint density at radius 3 is 2.32 bits per heavy atom. The summed E-state index contributed by atoms with van der Waals surface area (Å²) in [6, 6.07) is 19.0. The number of amides is 2. The first-order valence-corrected chi connectivity index (χ1v) is 15.9. The van der Waals surface area contributed by atoms with Gasteiger partial charge in [0.1, 0.15) is 18.4 Å². The minimum absolute atomic E-state index is 0.00611. The van der Waals surface area contributed by atoms with Gasteiger partial charge in [0.25, 0.3) is 0 Å². The highest BCUT2D eigenvalue weighted by atomic mass is 35.5. The molecule has 0 radical (unpaired) electrons. The summed E-state index contributed by atoms with van der Waals surface area (Å²) >= 11 is 6.28. The van der Waals surface area contributed by atoms with E-state index in [9.17, 15) is 22.4 Å². The van der Waals surface area contributed by atoms with Gasteiger partial charge >= 0.3 is 0 Å². The number of nitrogens with zero attached hydrogens (tertiary/aromatic N) is 2. The second kappa shape index (κ2) is 13.5. The molecule has 0 bridgehead atoms. The van der Waals surface area contributed by atoms with Crippen molar-refractivity contribution >= 4 is 39.1 Å². The van der Waals surface area contributed by atoms with Crippen LogP contribution in [-0.2, 0) is 32.6 Å². The molecule has 1 N–H and O–H groups in total. The molecule has 0 aliphatic heterocycles. The van der Waals surface area contributed by atoms with Crippen molar-refractivity contribution in [3.63, 3.8) is 0 Å². The number of sulfonamides is 1. The van der Waals surface area contributed by atoms with Crippen LogP contribution in [-0.4, -0.2) is 50.0 Å². The largest absolute Gasteiger partial charge is 0.352 e. The van der Waals surface area contributed by atoms with E-state index in [0.29, 0.717) is 5.02 Å². The van der Waals surface area contributed by atoms with Crippen molar-refractivity contribution < 1.29 is 22.4 Å². The lowest BCUT2D eigenvalue weighted by molar-refractivity contribution is -0.140. The molecule has 41 heavy (non-hydrogen) atoms. The molecule has 1 saturated carbocycles. The number of halogens is 2. The van der Waals surface area contributed by atoms with E-state index in [1.165, 1.54) is 17.0 Å². The van der Waals surface area contributed by atoms with Crippen molar-refractivity contribution in [2.75, 3.05) is 17.1 Å². The first kappa shape index (κ1) is 30.5. The summed E-state index contributed by atoms with van der Waals surface area (Å²) in [5.41, 5.74) is 2.01. The molecule has 0 spiro atoms. The first-order valence-electron chi connectivity index (χ1n) is 13.6. The molecule has 2 amide bonds. The van der Waals surface area contributed by atoms with Gasteiger partial charge in [0.15, 0.2) is 0 Å². The topological polar surface area (TPSA) is 86.8 Å². The first-order chi connectivity index (χ1) is 19.5. The normalized spacial score (nSPS) is 14.4. The van der Waals surface area contributed by atoms with Crippen molar-refractivity contribution in [1.82, 2.24) is 10.2 Å². The number of hydrogen-bond donors (Lipinski definition) is 1. The number of hydrogen-bond acceptors (Lipinski definition) is 4. The summed E-state index contributed by atoms with van der Waals surface area (Å²) < 4.78 is 41.6. The van der Waals surface area contributed by atoms with E-state index < -0.39 is 34.3 Å². The maximum Gasteiger partial charge on any atom is 0.244 e. The van der Waals surface area contributed by atoms with Crippen molar-refractivity contribution in [2.24, 2.45) is 0 Å². The van der Waals surface area contributed by atoms with Crippen molar-refractivity contribution in [1.29, 1.82) is 0 Å². The molecule has 1 aliphatic carbocycles. The summed E-state index contributed by atoms with van der Waals surface area (Å²) in [5.74, 6) is -1.52. The quantitative estimate of drug-likeness (QED) is 0.326. The summed E-state index contributed by atoms with van der Waals surface area (Å²) in [6.45, 7) is 0.983. The smallest absolute Gasteiger partial charge is 0.244 e. The Morgan fingerprint density at radius 1 is 1.02 bits per heavy atom. The maximum absolute atomic E-state index is 14.9. The molecule has 1 fully saturated rings. The SMILES string of the molecule is Cc1ccc(N(CC(=O)N(Cc2ccccc2F)C(Cc2ccccc2)C(=O)NC2CCCC2)S(C)(=O)=O)cc1Cl. The van der Waals surface area contributed by atoms with Crippen LogP contribution in [0.5, 0.6) is 0 Å². The van der Waals surface area contributed by atoms with Crippen LogP contribution in [0.3, 0.4) is 0 Å². The Balaban J connectivity index is 1.74. The fourth-order valence-electron chi connectivity index (χ4n) is 5.08. The Bertz CT molecular complexity index is 1480. The number of benzene rings is 3. The van der Waals surface area contributed by atoms with Gasteiger partial charge < -0.3 is 10.2 Å². The molecule has 0 aromatic heterocycles. The molecule has 4 rings (SSSR count). The van der Waals surface area contributed by atoms with Crippen LogP contribution in [0.15, 0.2) is 72.8 Å². The highest BCUT2D eigenvalue weighted by Gasteiger charge is 2.34. The lowest BCUT2D eigenvalue weighted by atomic mass is 10.0. The van der Waals surface area contributed by atoms with E-state index in [2.05, 4.69) is 5.32 Å². The Hall–Kier alpha value is -3.43. The van der Waals surface area contributed by atoms with Crippen LogP contribution in [0.25, 0.3) is 0 Å². The van der Waals surface area contributed by atoms with Crippen LogP contribution in [0.1, 0.15) is 42.4 Å². The molecule has 0 saturated heterocycles. The number of carbonyl (C=O) groups is 2. The minimum atomic E-state index is -3.93. The molecule has 0 heterocycles. The van der Waals surface area contributed by atoms with Gasteiger partial charge in [-0.15, -0.1) is 0 Å². The van der Waals surface area contributed by atoms with Crippen LogP contribution in [0, 0.1) is 12.7 Å². The zero-order chi connectivity index (χ0) is 29.6. The third-order valence-electron chi connectivity index (χ3n) is 7.39. The third kappa shape index (κ3) is 8.07. The molecule has 10 heteroatoms. The van der Waals surface area contributed by atoms with E-state index in [-0.39, 0.29) is 36.2 Å². The number of aryl methyl sites for hydroxylation is 1. The molecule has 3 aromatic rings. The second-order valence-corrected chi connectivity index (χ2v) is 12.8. The molecule has 218 valence electrons. The Morgan fingerprint density at radius 2 is 1.68 bits per heavy atom. The van der Waals surface area contributed by atoms with Crippen LogP contribution in [0.4, 0.5) is 10.1 Å². The average Bonchev–Trinajstić information content (AvgIpc) is 3.44. The van der Waals surface area contributed by atoms with Gasteiger partial charge in [0.2, 0.25) is 21.8 Å². The van der Waals surface area contributed by atoms with E-state index in [1.807, 2.05) is 30.3 Å². The average molecular weight is 600 g/mol. The molecule has 1 atom stereocenters. The number of rotatable bonds is 11. The van der Waals surface area contributed by atoms with Crippen LogP contribution in [0.2, 0.25) is 5.02 Å². The number of carbonyl (C=O) groups excluding carboxylic acids is 2. The zero-order valence-electron chi connectivity index (χ0n) is 23.2. The van der Waals surface area contributed by atoms with Gasteiger partial charge in [-0.3, -0.25) is 13.9 Å². The van der Waals surface area contributed by atoms with Crippen molar-refractivity contribution in [3.05, 3.63) is 100 Å². The lowest BCUT2D eigenvalue weighted by Gasteiger charge is -2.34. The molecule has 3 aromatic carbocycles. The molecule has 1 aliphatic rings. The second-order valence-electron chi connectivity index (χ2n) is 10.5. The Kier molecular flexibility index (Phi) is 10.0. The van der Waals surface area contributed by atoms with Crippen LogP contribution < -0.4 is 9.62 Å². The van der Waals surface area contributed by atoms with E-state index >= 15 is 0 Å². The fraction of sp³-hybridized carbons (Fsp3) is 0.355. The molecular formula is C31H35ClFN3O4S. The molecule has 7 nitrogen and oxygen atoms in total. The van der Waals surface area contributed by atoms with E-state index in [0.717, 1.165) is 47.4 Å². The highest BCUT2D eigenvalue weighted by molar-refractivity contribution is 7.92. The monoisotopic (exact) mass is 599 g/mol. The van der Waals surface area contributed by atoms with Crippen molar-refractivity contribution in [2.45, 2.75) is 57.7 Å². The number of anilines is 1. The van der Waals surface area contributed by atoms with E-state index in [1.54, 1.807) is 37.3 Å². The van der Waals surface area contributed by atoms with Gasteiger partial charge in [0, 0.05) is 29.6 Å². The fourth-order valence-corrected chi connectivity index (χ4v) is 6.10. The molecular weight excluding hydrogens is 565 g/mol. The van der Waals surface area contributed by atoms with Gasteiger partial charge in [-0.1, -0.05) is 79.0 Å².